The van der Waals surface area contributed by atoms with Crippen molar-refractivity contribution in [3.8, 4) is 0 Å². The number of nitrogens with zero attached hydrogens (tertiary/aromatic N) is 1. The van der Waals surface area contributed by atoms with Crippen molar-refractivity contribution in [1.29, 1.82) is 0 Å². The molecule has 0 atom stereocenters. The molecule has 67 valence electrons. The molecular weight excluding hydrogens is 227 g/mol. The van der Waals surface area contributed by atoms with Crippen LogP contribution in [0.1, 0.15) is 40.5 Å². The average molecular weight is 243 g/mol. The van der Waals surface area contributed by atoms with Crippen LogP contribution in [0.3, 0.4) is 0 Å². The van der Waals surface area contributed by atoms with Crippen LogP contribution in [0.25, 0.3) is 5.32 Å². The molecule has 1 heterocycles. The predicted octanol–water partition coefficient (Wildman–Crippen LogP) is 2.28. The van der Waals surface area contributed by atoms with E-state index in [1.807, 2.05) is 27.7 Å². The molecular formula is C9H16NOY-. The van der Waals surface area contributed by atoms with E-state index in [2.05, 4.69) is 5.32 Å². The minimum absolute atomic E-state index is 0. The van der Waals surface area contributed by atoms with Crippen molar-refractivity contribution in [2.45, 2.75) is 51.6 Å². The van der Waals surface area contributed by atoms with Crippen LogP contribution in [-0.2, 0) is 37.5 Å². The molecule has 0 N–H and O–H groups in total. The maximum atomic E-state index is 11.2. The summed E-state index contributed by atoms with van der Waals surface area (Å²) in [4.78, 5) is 11.2. The van der Waals surface area contributed by atoms with Crippen LogP contribution in [0.2, 0.25) is 0 Å². The first-order valence-corrected chi connectivity index (χ1v) is 4.07. The number of rotatable bonds is 0. The second-order valence-electron chi connectivity index (χ2n) is 4.63. The molecule has 0 unspecified atom stereocenters. The maximum absolute atomic E-state index is 11.2. The minimum Gasteiger partial charge on any atom is -0.651 e. The van der Waals surface area contributed by atoms with Crippen molar-refractivity contribution in [3.63, 3.8) is 0 Å². The summed E-state index contributed by atoms with van der Waals surface area (Å²) < 4.78 is 0. The molecule has 1 fully saturated rings. The van der Waals surface area contributed by atoms with Crippen molar-refractivity contribution in [1.82, 2.24) is 0 Å². The van der Waals surface area contributed by atoms with Crippen molar-refractivity contribution in [2.24, 2.45) is 0 Å². The van der Waals surface area contributed by atoms with Crippen LogP contribution in [0.15, 0.2) is 0 Å². The summed E-state index contributed by atoms with van der Waals surface area (Å²) in [7, 11) is 0. The van der Waals surface area contributed by atoms with Gasteiger partial charge in [-0.1, -0.05) is 27.7 Å². The molecule has 1 saturated heterocycles. The Hall–Kier alpha value is 0.734. The largest absolute Gasteiger partial charge is 0.651 e. The molecule has 0 aromatic carbocycles. The second kappa shape index (κ2) is 3.85. The van der Waals surface area contributed by atoms with Gasteiger partial charge in [0, 0.05) is 32.7 Å². The van der Waals surface area contributed by atoms with Gasteiger partial charge in [-0.05, 0) is 12.8 Å². The molecule has 0 aromatic rings. The average Bonchev–Trinajstić information content (AvgIpc) is 1.49. The third-order valence-electron chi connectivity index (χ3n) is 1.86. The van der Waals surface area contributed by atoms with Crippen LogP contribution in [0, 0.1) is 0 Å². The third-order valence-corrected chi connectivity index (χ3v) is 1.86. The smallest absolute Gasteiger partial charge is 0.130 e. The molecule has 3 heteroatoms. The first-order chi connectivity index (χ1) is 4.81. The summed E-state index contributed by atoms with van der Waals surface area (Å²) in [5.74, 6) is 0.343. The Morgan fingerprint density at radius 1 is 1.08 bits per heavy atom. The molecule has 0 spiro atoms. The second-order valence-corrected chi connectivity index (χ2v) is 4.63. The van der Waals surface area contributed by atoms with E-state index in [9.17, 15) is 4.79 Å². The number of hydrogen-bond donors (Lipinski definition) is 0. The summed E-state index contributed by atoms with van der Waals surface area (Å²) in [6, 6.07) is 0. The fourth-order valence-electron chi connectivity index (χ4n) is 1.93. The van der Waals surface area contributed by atoms with Gasteiger partial charge < -0.3 is 5.32 Å². The van der Waals surface area contributed by atoms with Gasteiger partial charge in [-0.2, -0.15) is 0 Å². The standard InChI is InChI=1S/C9H16NO.Y/c1-8(2)5-7(11)6-9(3,4)10-8;/h5-6H2,1-4H3;/q-1;. The van der Waals surface area contributed by atoms with E-state index in [0.717, 1.165) is 0 Å². The molecule has 0 bridgehead atoms. The Morgan fingerprint density at radius 2 is 1.42 bits per heavy atom. The van der Waals surface area contributed by atoms with Gasteiger partial charge >= 0.3 is 0 Å². The third kappa shape index (κ3) is 3.63. The topological polar surface area (TPSA) is 31.2 Å². The molecule has 12 heavy (non-hydrogen) atoms. The Kier molecular flexibility index (Phi) is 4.09. The Balaban J connectivity index is 0.00000121. The number of carbonyl (C=O) groups excluding carboxylic acids is 1. The van der Waals surface area contributed by atoms with E-state index in [4.69, 9.17) is 0 Å². The van der Waals surface area contributed by atoms with Gasteiger partial charge in [0.2, 0.25) is 0 Å². The molecule has 0 amide bonds. The molecule has 1 rings (SSSR count). The summed E-state index contributed by atoms with van der Waals surface area (Å²) in [6.07, 6.45) is 1.22. The first kappa shape index (κ1) is 12.7. The monoisotopic (exact) mass is 243 g/mol. The van der Waals surface area contributed by atoms with E-state index in [1.165, 1.54) is 0 Å². The number of carbonyl (C=O) groups is 1. The normalized spacial score (nSPS) is 26.2. The number of Topliss-reactive ketones (excluding diaryl/α,β-unsaturated/α-hetero) is 1. The van der Waals surface area contributed by atoms with Crippen LogP contribution < -0.4 is 0 Å². The van der Waals surface area contributed by atoms with E-state index < -0.39 is 0 Å². The van der Waals surface area contributed by atoms with Gasteiger partial charge in [0.05, 0.1) is 0 Å². The van der Waals surface area contributed by atoms with Crippen LogP contribution in [-0.4, -0.2) is 16.9 Å². The van der Waals surface area contributed by atoms with Gasteiger partial charge in [-0.15, -0.1) is 11.1 Å². The van der Waals surface area contributed by atoms with E-state index >= 15 is 0 Å². The number of ketones is 1. The maximum Gasteiger partial charge on any atom is 0.130 e. The fraction of sp³-hybridized carbons (Fsp3) is 0.889. The summed E-state index contributed by atoms with van der Waals surface area (Å²) in [5.41, 5.74) is -0.280. The van der Waals surface area contributed by atoms with E-state index in [-0.39, 0.29) is 43.8 Å². The summed E-state index contributed by atoms with van der Waals surface area (Å²) >= 11 is 0. The van der Waals surface area contributed by atoms with Gasteiger partial charge in [-0.3, -0.25) is 4.79 Å². The SMILES string of the molecule is CC1(C)CC(=O)CC(C)(C)[N-]1.[Y]. The molecule has 2 nitrogen and oxygen atoms in total. The Labute approximate surface area is 99.7 Å². The number of hydrogen-bond acceptors (Lipinski definition) is 1. The van der Waals surface area contributed by atoms with Crippen LogP contribution >= 0.6 is 0 Å². The fourth-order valence-corrected chi connectivity index (χ4v) is 1.93. The van der Waals surface area contributed by atoms with Gasteiger partial charge in [0.25, 0.3) is 0 Å². The predicted molar refractivity (Wildman–Crippen MR) is 45.8 cm³/mol. The molecule has 1 aliphatic rings. The molecule has 0 aromatic heterocycles. The van der Waals surface area contributed by atoms with Crippen molar-refractivity contribution < 1.29 is 37.5 Å². The van der Waals surface area contributed by atoms with Gasteiger partial charge in [-0.25, -0.2) is 0 Å². The minimum atomic E-state index is -0.140. The zero-order chi connectivity index (χ0) is 8.70. The zero-order valence-electron chi connectivity index (χ0n) is 8.35. The van der Waals surface area contributed by atoms with E-state index in [0.29, 0.717) is 18.6 Å². The molecule has 0 saturated carbocycles. The van der Waals surface area contributed by atoms with Crippen molar-refractivity contribution in [2.75, 3.05) is 0 Å². The van der Waals surface area contributed by atoms with E-state index in [1.54, 1.807) is 0 Å². The first-order valence-electron chi connectivity index (χ1n) is 4.07. The molecule has 0 aliphatic carbocycles. The van der Waals surface area contributed by atoms with Crippen LogP contribution in [0.4, 0.5) is 0 Å². The summed E-state index contributed by atoms with van der Waals surface area (Å²) in [5, 5.41) is 4.58. The van der Waals surface area contributed by atoms with Gasteiger partial charge in [0.15, 0.2) is 0 Å². The van der Waals surface area contributed by atoms with Gasteiger partial charge in [0.1, 0.15) is 5.78 Å². The number of piperidine rings is 1. The molecule has 1 aliphatic heterocycles. The Morgan fingerprint density at radius 3 is 1.67 bits per heavy atom. The van der Waals surface area contributed by atoms with Crippen molar-refractivity contribution in [3.05, 3.63) is 5.32 Å². The summed E-state index contributed by atoms with van der Waals surface area (Å²) in [6.45, 7) is 8.08. The van der Waals surface area contributed by atoms with Crippen LogP contribution in [0.5, 0.6) is 0 Å². The Bertz CT molecular complexity index is 169. The van der Waals surface area contributed by atoms with Crippen molar-refractivity contribution >= 4 is 5.78 Å². The zero-order valence-corrected chi connectivity index (χ0v) is 11.2. The molecule has 1 radical (unpaired) electrons. The quantitative estimate of drug-likeness (QED) is 0.642.